The van der Waals surface area contributed by atoms with Gasteiger partial charge >= 0.3 is 0 Å². The second-order valence-electron chi connectivity index (χ2n) is 6.72. The van der Waals surface area contributed by atoms with E-state index in [4.69, 9.17) is 9.47 Å². The van der Waals surface area contributed by atoms with Gasteiger partial charge in [0.05, 0.1) is 26.5 Å². The monoisotopic (exact) mass is 404 g/mol. The molecule has 1 fully saturated rings. The Bertz CT molecular complexity index is 974. The Kier molecular flexibility index (Phi) is 5.79. The van der Waals surface area contributed by atoms with Crippen molar-refractivity contribution in [2.75, 3.05) is 31.7 Å². The molecule has 7 nitrogen and oxygen atoms in total. The number of methoxy groups -OCH3 is 2. The Morgan fingerprint density at radius 1 is 1.14 bits per heavy atom. The van der Waals surface area contributed by atoms with E-state index in [1.165, 1.54) is 0 Å². The zero-order valence-corrected chi connectivity index (χ0v) is 17.0. The summed E-state index contributed by atoms with van der Waals surface area (Å²) in [6, 6.07) is 12.0. The van der Waals surface area contributed by atoms with Gasteiger partial charge < -0.3 is 14.4 Å². The number of ether oxygens (including phenoxy) is 2. The summed E-state index contributed by atoms with van der Waals surface area (Å²) in [5.74, 6) is 1.23. The van der Waals surface area contributed by atoms with Crippen molar-refractivity contribution in [2.45, 2.75) is 18.9 Å². The van der Waals surface area contributed by atoms with Gasteiger partial charge in [-0.3, -0.25) is 9.52 Å². The van der Waals surface area contributed by atoms with Gasteiger partial charge in [0.1, 0.15) is 11.5 Å². The van der Waals surface area contributed by atoms with Gasteiger partial charge in [-0.05, 0) is 43.2 Å². The molecule has 1 atom stereocenters. The van der Waals surface area contributed by atoms with Crippen LogP contribution >= 0.6 is 0 Å². The van der Waals surface area contributed by atoms with Gasteiger partial charge in [0, 0.05) is 29.4 Å². The standard InChI is InChI=1S/C20H24N2O5S/c1-26-16-9-10-17(19(13-16)27-2)18-8-5-11-22(18)20(23)14-6-4-7-15(12-14)21-28(3,24)25/h4,6-7,9-10,12-13,18,21H,5,8,11H2,1-3H3. The van der Waals surface area contributed by atoms with E-state index in [1.807, 2.05) is 23.1 Å². The van der Waals surface area contributed by atoms with E-state index in [-0.39, 0.29) is 11.9 Å². The van der Waals surface area contributed by atoms with Crippen molar-refractivity contribution >= 4 is 21.6 Å². The zero-order chi connectivity index (χ0) is 20.3. The van der Waals surface area contributed by atoms with E-state index >= 15 is 0 Å². The molecule has 1 amide bonds. The number of anilines is 1. The lowest BCUT2D eigenvalue weighted by Gasteiger charge is -2.27. The fourth-order valence-corrected chi connectivity index (χ4v) is 4.08. The molecule has 2 aromatic carbocycles. The highest BCUT2D eigenvalue weighted by atomic mass is 32.2. The fraction of sp³-hybridized carbons (Fsp3) is 0.350. The first-order valence-electron chi connectivity index (χ1n) is 8.93. The highest BCUT2D eigenvalue weighted by molar-refractivity contribution is 7.92. The minimum Gasteiger partial charge on any atom is -0.497 e. The number of benzene rings is 2. The molecule has 1 aliphatic heterocycles. The van der Waals surface area contributed by atoms with E-state index in [9.17, 15) is 13.2 Å². The van der Waals surface area contributed by atoms with Crippen LogP contribution < -0.4 is 14.2 Å². The molecule has 3 rings (SSSR count). The van der Waals surface area contributed by atoms with E-state index in [0.29, 0.717) is 29.3 Å². The number of hydrogen-bond acceptors (Lipinski definition) is 5. The zero-order valence-electron chi connectivity index (χ0n) is 16.1. The summed E-state index contributed by atoms with van der Waals surface area (Å²) in [4.78, 5) is 15.0. The third kappa shape index (κ3) is 4.39. The summed E-state index contributed by atoms with van der Waals surface area (Å²) in [6.45, 7) is 0.627. The van der Waals surface area contributed by atoms with Crippen LogP contribution in [0.15, 0.2) is 42.5 Å². The molecule has 28 heavy (non-hydrogen) atoms. The number of hydrogen-bond donors (Lipinski definition) is 1. The Morgan fingerprint density at radius 3 is 2.61 bits per heavy atom. The fourth-order valence-electron chi connectivity index (χ4n) is 3.52. The lowest BCUT2D eigenvalue weighted by Crippen LogP contribution is -2.30. The van der Waals surface area contributed by atoms with Crippen molar-refractivity contribution in [1.29, 1.82) is 0 Å². The molecule has 0 aliphatic carbocycles. The van der Waals surface area contributed by atoms with Crippen LogP contribution in [-0.2, 0) is 10.0 Å². The van der Waals surface area contributed by atoms with Crippen LogP contribution in [0.25, 0.3) is 0 Å². The lowest BCUT2D eigenvalue weighted by molar-refractivity contribution is 0.0734. The second-order valence-corrected chi connectivity index (χ2v) is 8.47. The topological polar surface area (TPSA) is 84.9 Å². The molecular weight excluding hydrogens is 380 g/mol. The van der Waals surface area contributed by atoms with Crippen LogP contribution in [0.2, 0.25) is 0 Å². The van der Waals surface area contributed by atoms with Crippen molar-refractivity contribution in [2.24, 2.45) is 0 Å². The third-order valence-electron chi connectivity index (χ3n) is 4.73. The quantitative estimate of drug-likeness (QED) is 0.800. The van der Waals surface area contributed by atoms with Crippen molar-refractivity contribution in [3.63, 3.8) is 0 Å². The highest BCUT2D eigenvalue weighted by Crippen LogP contribution is 2.39. The highest BCUT2D eigenvalue weighted by Gasteiger charge is 2.32. The van der Waals surface area contributed by atoms with Gasteiger partial charge in [0.25, 0.3) is 5.91 Å². The number of likely N-dealkylation sites (tertiary alicyclic amines) is 1. The molecule has 0 radical (unpaired) electrons. The maximum absolute atomic E-state index is 13.2. The number of amides is 1. The number of nitrogens with zero attached hydrogens (tertiary/aromatic N) is 1. The van der Waals surface area contributed by atoms with Crippen molar-refractivity contribution < 1.29 is 22.7 Å². The van der Waals surface area contributed by atoms with Gasteiger partial charge in [-0.1, -0.05) is 6.07 Å². The van der Waals surface area contributed by atoms with Crippen LogP contribution in [0.3, 0.4) is 0 Å². The number of nitrogens with one attached hydrogen (secondary N) is 1. The Hall–Kier alpha value is -2.74. The predicted octanol–water partition coefficient (Wildman–Crippen LogP) is 3.05. The molecule has 1 heterocycles. The van der Waals surface area contributed by atoms with E-state index in [1.54, 1.807) is 38.5 Å². The van der Waals surface area contributed by atoms with E-state index in [0.717, 1.165) is 24.7 Å². The van der Waals surface area contributed by atoms with Gasteiger partial charge in [-0.2, -0.15) is 0 Å². The SMILES string of the molecule is COc1ccc(C2CCCN2C(=O)c2cccc(NS(C)(=O)=O)c2)c(OC)c1. The Morgan fingerprint density at radius 2 is 1.93 bits per heavy atom. The molecule has 1 unspecified atom stereocenters. The van der Waals surface area contributed by atoms with Crippen LogP contribution in [0.4, 0.5) is 5.69 Å². The first-order valence-corrected chi connectivity index (χ1v) is 10.8. The van der Waals surface area contributed by atoms with E-state index in [2.05, 4.69) is 4.72 Å². The summed E-state index contributed by atoms with van der Waals surface area (Å²) in [5, 5.41) is 0. The summed E-state index contributed by atoms with van der Waals surface area (Å²) in [7, 11) is -0.220. The van der Waals surface area contributed by atoms with Crippen LogP contribution in [0, 0.1) is 0 Å². The number of carbonyl (C=O) groups excluding carboxylic acids is 1. The first kappa shape index (κ1) is 20.0. The van der Waals surface area contributed by atoms with E-state index < -0.39 is 10.0 Å². The Balaban J connectivity index is 1.89. The largest absolute Gasteiger partial charge is 0.497 e. The van der Waals surface area contributed by atoms with Gasteiger partial charge in [0.15, 0.2) is 0 Å². The van der Waals surface area contributed by atoms with Crippen LogP contribution in [-0.4, -0.2) is 46.2 Å². The van der Waals surface area contributed by atoms with Gasteiger partial charge in [-0.15, -0.1) is 0 Å². The van der Waals surface area contributed by atoms with Crippen molar-refractivity contribution in [1.82, 2.24) is 4.90 Å². The average molecular weight is 404 g/mol. The first-order chi connectivity index (χ1) is 13.3. The molecular formula is C20H24N2O5S. The average Bonchev–Trinajstić information content (AvgIpc) is 3.15. The minimum absolute atomic E-state index is 0.111. The van der Waals surface area contributed by atoms with Crippen LogP contribution in [0.1, 0.15) is 34.8 Å². The molecule has 0 bridgehead atoms. The lowest BCUT2D eigenvalue weighted by atomic mass is 10.0. The number of carbonyl (C=O) groups is 1. The summed E-state index contributed by atoms with van der Waals surface area (Å²) in [5.41, 5.74) is 1.73. The number of rotatable bonds is 6. The molecule has 1 N–H and O–H groups in total. The maximum atomic E-state index is 13.2. The molecule has 1 saturated heterocycles. The predicted molar refractivity (Wildman–Crippen MR) is 107 cm³/mol. The van der Waals surface area contributed by atoms with Crippen LogP contribution in [0.5, 0.6) is 11.5 Å². The molecule has 1 aliphatic rings. The summed E-state index contributed by atoms with van der Waals surface area (Å²) in [6.07, 6.45) is 2.79. The molecule has 150 valence electrons. The van der Waals surface area contributed by atoms with Crippen molar-refractivity contribution in [3.05, 3.63) is 53.6 Å². The smallest absolute Gasteiger partial charge is 0.254 e. The van der Waals surface area contributed by atoms with Gasteiger partial charge in [0.2, 0.25) is 10.0 Å². The third-order valence-corrected chi connectivity index (χ3v) is 5.33. The maximum Gasteiger partial charge on any atom is 0.254 e. The molecule has 0 aromatic heterocycles. The minimum atomic E-state index is -3.41. The molecule has 0 spiro atoms. The second kappa shape index (κ2) is 8.10. The normalized spacial score (nSPS) is 16.7. The number of sulfonamides is 1. The summed E-state index contributed by atoms with van der Waals surface area (Å²) >= 11 is 0. The summed E-state index contributed by atoms with van der Waals surface area (Å²) < 4.78 is 36.1. The molecule has 8 heteroatoms. The van der Waals surface area contributed by atoms with Crippen molar-refractivity contribution in [3.8, 4) is 11.5 Å². The Labute approximate surface area is 165 Å². The molecule has 0 saturated carbocycles. The van der Waals surface area contributed by atoms with Gasteiger partial charge in [-0.25, -0.2) is 8.42 Å². The molecule has 2 aromatic rings.